The van der Waals surface area contributed by atoms with Gasteiger partial charge in [0.05, 0.1) is 12.3 Å². The zero-order valence-electron chi connectivity index (χ0n) is 14.5. The van der Waals surface area contributed by atoms with Crippen LogP contribution in [-0.4, -0.2) is 18.6 Å². The quantitative estimate of drug-likeness (QED) is 0.858. The van der Waals surface area contributed by atoms with Crippen molar-refractivity contribution in [3.8, 4) is 11.5 Å². The van der Waals surface area contributed by atoms with E-state index in [1.807, 2.05) is 32.0 Å². The molecule has 0 aromatic heterocycles. The number of hydrogen-bond acceptors (Lipinski definition) is 3. The lowest BCUT2D eigenvalue weighted by Crippen LogP contribution is -2.13. The Labute approximate surface area is 147 Å². The van der Waals surface area contributed by atoms with E-state index in [-0.39, 0.29) is 24.2 Å². The fraction of sp³-hybridized carbons (Fsp3) is 0.350. The van der Waals surface area contributed by atoms with Gasteiger partial charge in [-0.2, -0.15) is 0 Å². The van der Waals surface area contributed by atoms with Crippen molar-refractivity contribution in [3.05, 3.63) is 53.3 Å². The predicted molar refractivity (Wildman–Crippen MR) is 94.8 cm³/mol. The highest BCUT2D eigenvalue weighted by atomic mass is 19.1. The molecule has 1 atom stereocenters. The van der Waals surface area contributed by atoms with Gasteiger partial charge in [0.15, 0.2) is 0 Å². The second-order valence-electron chi connectivity index (χ2n) is 6.20. The second-order valence-corrected chi connectivity index (χ2v) is 6.20. The normalized spacial score (nSPS) is 15.4. The number of rotatable bonds is 6. The summed E-state index contributed by atoms with van der Waals surface area (Å²) in [5, 5.41) is 2.89. The molecule has 0 spiro atoms. The van der Waals surface area contributed by atoms with E-state index >= 15 is 0 Å². The molecular weight excluding hydrogens is 321 g/mol. The van der Waals surface area contributed by atoms with Crippen LogP contribution in [0.5, 0.6) is 11.5 Å². The van der Waals surface area contributed by atoms with Crippen molar-refractivity contribution in [1.82, 2.24) is 0 Å². The molecule has 132 valence electrons. The number of halogens is 1. The molecule has 0 bridgehead atoms. The molecule has 0 saturated heterocycles. The van der Waals surface area contributed by atoms with Crippen LogP contribution in [0.3, 0.4) is 0 Å². The van der Waals surface area contributed by atoms with Crippen molar-refractivity contribution in [2.45, 2.75) is 39.2 Å². The smallest absolute Gasteiger partial charge is 0.224 e. The molecule has 0 radical (unpaired) electrons. The maximum atomic E-state index is 13.2. The first kappa shape index (κ1) is 17.3. The van der Waals surface area contributed by atoms with Crippen molar-refractivity contribution in [2.24, 2.45) is 0 Å². The van der Waals surface area contributed by atoms with Crippen LogP contribution in [0.15, 0.2) is 36.4 Å². The molecule has 5 heteroatoms. The van der Waals surface area contributed by atoms with Gasteiger partial charge in [0, 0.05) is 24.5 Å². The first-order chi connectivity index (χ1) is 12.0. The molecule has 25 heavy (non-hydrogen) atoms. The largest absolute Gasteiger partial charge is 0.492 e. The molecule has 1 amide bonds. The monoisotopic (exact) mass is 343 g/mol. The minimum absolute atomic E-state index is 0.128. The summed E-state index contributed by atoms with van der Waals surface area (Å²) in [6.07, 6.45) is 1.71. The summed E-state index contributed by atoms with van der Waals surface area (Å²) >= 11 is 0. The van der Waals surface area contributed by atoms with Gasteiger partial charge in [0.2, 0.25) is 5.91 Å². The molecule has 1 unspecified atom stereocenters. The summed E-state index contributed by atoms with van der Waals surface area (Å²) in [6.45, 7) is 4.43. The Balaban J connectivity index is 1.69. The lowest BCUT2D eigenvalue weighted by Gasteiger charge is -2.13. The van der Waals surface area contributed by atoms with Gasteiger partial charge < -0.3 is 14.8 Å². The van der Waals surface area contributed by atoms with Crippen molar-refractivity contribution >= 4 is 11.6 Å². The molecule has 3 rings (SSSR count). The average Bonchev–Trinajstić information content (AvgIpc) is 2.92. The molecule has 2 aromatic carbocycles. The maximum absolute atomic E-state index is 13.2. The molecule has 2 aromatic rings. The van der Waals surface area contributed by atoms with Gasteiger partial charge >= 0.3 is 0 Å². The van der Waals surface area contributed by atoms with E-state index < -0.39 is 0 Å². The third-order valence-corrected chi connectivity index (χ3v) is 4.10. The number of benzene rings is 2. The number of hydrogen-bond donors (Lipinski definition) is 1. The Hall–Kier alpha value is -2.56. The highest BCUT2D eigenvalue weighted by molar-refractivity contribution is 5.92. The molecule has 1 heterocycles. The number of fused-ring (bicyclic) bond motifs is 1. The predicted octanol–water partition coefficient (Wildman–Crippen LogP) is 4.12. The number of aryl methyl sites for hydroxylation is 1. The number of carbonyl (C=O) groups excluding carboxylic acids is 1. The summed E-state index contributed by atoms with van der Waals surface area (Å²) in [6, 6.07) is 10.1. The SMILES string of the molecule is CCOc1cc2c(cc1NC(=O)CCc1cccc(F)c1)OC(C)C2. The summed E-state index contributed by atoms with van der Waals surface area (Å²) in [4.78, 5) is 12.3. The van der Waals surface area contributed by atoms with E-state index in [1.165, 1.54) is 12.1 Å². The number of ether oxygens (including phenoxy) is 2. The van der Waals surface area contributed by atoms with Crippen LogP contribution in [-0.2, 0) is 17.6 Å². The molecule has 1 N–H and O–H groups in total. The maximum Gasteiger partial charge on any atom is 0.224 e. The zero-order chi connectivity index (χ0) is 17.8. The van der Waals surface area contributed by atoms with E-state index in [1.54, 1.807) is 6.07 Å². The number of nitrogens with one attached hydrogen (secondary N) is 1. The number of amides is 1. The lowest BCUT2D eigenvalue weighted by atomic mass is 10.1. The standard InChI is InChI=1S/C20H22FNO3/c1-3-24-19-11-15-9-13(2)25-18(15)12-17(19)22-20(23)8-7-14-5-4-6-16(21)10-14/h4-6,10-13H,3,7-9H2,1-2H3,(H,22,23). The molecule has 0 saturated carbocycles. The minimum Gasteiger partial charge on any atom is -0.492 e. The Bertz CT molecular complexity index is 776. The van der Waals surface area contributed by atoms with Gasteiger partial charge in [-0.3, -0.25) is 4.79 Å². The topological polar surface area (TPSA) is 47.6 Å². The Kier molecular flexibility index (Phi) is 5.22. The van der Waals surface area contributed by atoms with Crippen LogP contribution in [0.4, 0.5) is 10.1 Å². The van der Waals surface area contributed by atoms with E-state index in [0.717, 1.165) is 23.3 Å². The third-order valence-electron chi connectivity index (χ3n) is 4.10. The fourth-order valence-electron chi connectivity index (χ4n) is 2.98. The van der Waals surface area contributed by atoms with Crippen molar-refractivity contribution in [2.75, 3.05) is 11.9 Å². The average molecular weight is 343 g/mol. The summed E-state index contributed by atoms with van der Waals surface area (Å²) in [5.74, 6) is 1.01. The van der Waals surface area contributed by atoms with Crippen LogP contribution >= 0.6 is 0 Å². The Morgan fingerprint density at radius 1 is 1.36 bits per heavy atom. The van der Waals surface area contributed by atoms with E-state index in [2.05, 4.69) is 5.32 Å². The van der Waals surface area contributed by atoms with Crippen molar-refractivity contribution < 1.29 is 18.7 Å². The number of carbonyl (C=O) groups is 1. The van der Waals surface area contributed by atoms with Gasteiger partial charge in [-0.15, -0.1) is 0 Å². The summed E-state index contributed by atoms with van der Waals surface area (Å²) in [5.41, 5.74) is 2.50. The lowest BCUT2D eigenvalue weighted by molar-refractivity contribution is -0.116. The Morgan fingerprint density at radius 2 is 2.20 bits per heavy atom. The zero-order valence-corrected chi connectivity index (χ0v) is 14.5. The van der Waals surface area contributed by atoms with Crippen molar-refractivity contribution in [3.63, 3.8) is 0 Å². The van der Waals surface area contributed by atoms with Crippen molar-refractivity contribution in [1.29, 1.82) is 0 Å². The highest BCUT2D eigenvalue weighted by Crippen LogP contribution is 2.38. The first-order valence-electron chi connectivity index (χ1n) is 8.56. The minimum atomic E-state index is -0.290. The highest BCUT2D eigenvalue weighted by Gasteiger charge is 2.22. The van der Waals surface area contributed by atoms with E-state index in [0.29, 0.717) is 24.5 Å². The first-order valence-corrected chi connectivity index (χ1v) is 8.56. The molecule has 0 aliphatic carbocycles. The van der Waals surface area contributed by atoms with Crippen LogP contribution in [0.2, 0.25) is 0 Å². The van der Waals surface area contributed by atoms with Gasteiger partial charge in [0.1, 0.15) is 23.4 Å². The summed E-state index contributed by atoms with van der Waals surface area (Å²) < 4.78 is 24.6. The van der Waals surface area contributed by atoms with Crippen LogP contribution in [0.1, 0.15) is 31.4 Å². The summed E-state index contributed by atoms with van der Waals surface area (Å²) in [7, 11) is 0. The number of anilines is 1. The molecule has 1 aliphatic heterocycles. The molecule has 1 aliphatic rings. The third kappa shape index (κ3) is 4.29. The second kappa shape index (κ2) is 7.55. The molecule has 0 fully saturated rings. The fourth-order valence-corrected chi connectivity index (χ4v) is 2.98. The van der Waals surface area contributed by atoms with Gasteiger partial charge in [0.25, 0.3) is 0 Å². The molecular formula is C20H22FNO3. The van der Waals surface area contributed by atoms with Gasteiger partial charge in [-0.05, 0) is 44.0 Å². The molecule has 4 nitrogen and oxygen atoms in total. The van der Waals surface area contributed by atoms with Crippen LogP contribution in [0, 0.1) is 5.82 Å². The Morgan fingerprint density at radius 3 is 2.96 bits per heavy atom. The van der Waals surface area contributed by atoms with Crippen LogP contribution < -0.4 is 14.8 Å². The van der Waals surface area contributed by atoms with Gasteiger partial charge in [-0.1, -0.05) is 12.1 Å². The van der Waals surface area contributed by atoms with Crippen LogP contribution in [0.25, 0.3) is 0 Å². The van der Waals surface area contributed by atoms with E-state index in [9.17, 15) is 9.18 Å². The van der Waals surface area contributed by atoms with Gasteiger partial charge in [-0.25, -0.2) is 4.39 Å². The van der Waals surface area contributed by atoms with E-state index in [4.69, 9.17) is 9.47 Å².